The maximum Gasteiger partial charge on any atom is 0.0568 e. The van der Waals surface area contributed by atoms with Gasteiger partial charge in [-0.05, 0) is 42.7 Å². The number of rotatable bonds is 2. The standard InChI is InChI=1S/C12H17NO/c1-9-11(4-5-12(9)14)7-10-3-2-6-13-8-10/h2-3,6,8-9,11-12,14H,4-5,7H2,1H3. The molecule has 0 aromatic carbocycles. The summed E-state index contributed by atoms with van der Waals surface area (Å²) < 4.78 is 0. The summed E-state index contributed by atoms with van der Waals surface area (Å²) in [6.07, 6.45) is 6.82. The van der Waals surface area contributed by atoms with Gasteiger partial charge in [-0.15, -0.1) is 0 Å². The van der Waals surface area contributed by atoms with E-state index in [2.05, 4.69) is 18.0 Å². The van der Waals surface area contributed by atoms with E-state index in [1.807, 2.05) is 12.3 Å². The Bertz CT molecular complexity index is 286. The molecule has 0 bridgehead atoms. The topological polar surface area (TPSA) is 33.1 Å². The van der Waals surface area contributed by atoms with Crippen LogP contribution in [0.2, 0.25) is 0 Å². The fourth-order valence-electron chi connectivity index (χ4n) is 2.33. The summed E-state index contributed by atoms with van der Waals surface area (Å²) in [6.45, 7) is 2.15. The van der Waals surface area contributed by atoms with Crippen molar-refractivity contribution in [3.05, 3.63) is 30.1 Å². The number of pyridine rings is 1. The normalized spacial score (nSPS) is 32.0. The van der Waals surface area contributed by atoms with Crippen LogP contribution in [0.3, 0.4) is 0 Å². The van der Waals surface area contributed by atoms with Gasteiger partial charge in [0, 0.05) is 12.4 Å². The van der Waals surface area contributed by atoms with Crippen molar-refractivity contribution >= 4 is 0 Å². The van der Waals surface area contributed by atoms with Crippen molar-refractivity contribution in [1.82, 2.24) is 4.98 Å². The van der Waals surface area contributed by atoms with Gasteiger partial charge in [-0.1, -0.05) is 13.0 Å². The lowest BCUT2D eigenvalue weighted by atomic mass is 9.91. The molecule has 3 unspecified atom stereocenters. The fourth-order valence-corrected chi connectivity index (χ4v) is 2.33. The van der Waals surface area contributed by atoms with Crippen LogP contribution in [-0.4, -0.2) is 16.2 Å². The van der Waals surface area contributed by atoms with Crippen LogP contribution in [0.25, 0.3) is 0 Å². The van der Waals surface area contributed by atoms with E-state index in [0.29, 0.717) is 11.8 Å². The molecule has 2 rings (SSSR count). The van der Waals surface area contributed by atoms with Gasteiger partial charge >= 0.3 is 0 Å². The number of nitrogens with zero attached hydrogens (tertiary/aromatic N) is 1. The van der Waals surface area contributed by atoms with E-state index in [-0.39, 0.29) is 6.10 Å². The van der Waals surface area contributed by atoms with E-state index in [1.54, 1.807) is 6.20 Å². The van der Waals surface area contributed by atoms with Crippen LogP contribution in [0, 0.1) is 11.8 Å². The second-order valence-electron chi connectivity index (χ2n) is 4.33. The van der Waals surface area contributed by atoms with Crippen molar-refractivity contribution in [2.45, 2.75) is 32.3 Å². The Morgan fingerprint density at radius 1 is 1.50 bits per heavy atom. The number of aliphatic hydroxyl groups excluding tert-OH is 1. The number of aromatic nitrogens is 1. The molecule has 1 fully saturated rings. The van der Waals surface area contributed by atoms with E-state index >= 15 is 0 Å². The average molecular weight is 191 g/mol. The van der Waals surface area contributed by atoms with E-state index in [9.17, 15) is 5.11 Å². The molecule has 2 nitrogen and oxygen atoms in total. The Kier molecular flexibility index (Phi) is 2.82. The monoisotopic (exact) mass is 191 g/mol. The van der Waals surface area contributed by atoms with Crippen molar-refractivity contribution in [2.75, 3.05) is 0 Å². The van der Waals surface area contributed by atoms with Gasteiger partial charge < -0.3 is 5.11 Å². The van der Waals surface area contributed by atoms with Crippen LogP contribution in [0.5, 0.6) is 0 Å². The van der Waals surface area contributed by atoms with Crippen LogP contribution in [-0.2, 0) is 6.42 Å². The third-order valence-electron chi connectivity index (χ3n) is 3.40. The first-order valence-corrected chi connectivity index (χ1v) is 5.34. The molecule has 0 amide bonds. The summed E-state index contributed by atoms with van der Waals surface area (Å²) in [7, 11) is 0. The molecule has 1 aliphatic rings. The van der Waals surface area contributed by atoms with Gasteiger partial charge in [0.1, 0.15) is 0 Å². The molecular weight excluding hydrogens is 174 g/mol. The van der Waals surface area contributed by atoms with Crippen molar-refractivity contribution in [3.63, 3.8) is 0 Å². The third-order valence-corrected chi connectivity index (χ3v) is 3.40. The highest BCUT2D eigenvalue weighted by Crippen LogP contribution is 2.33. The molecule has 1 heterocycles. The van der Waals surface area contributed by atoms with Gasteiger partial charge in [0.15, 0.2) is 0 Å². The summed E-state index contributed by atoms with van der Waals surface area (Å²) in [5, 5.41) is 9.63. The summed E-state index contributed by atoms with van der Waals surface area (Å²) in [5.41, 5.74) is 1.29. The molecule has 1 aromatic rings. The van der Waals surface area contributed by atoms with Crippen molar-refractivity contribution in [2.24, 2.45) is 11.8 Å². The Morgan fingerprint density at radius 3 is 2.93 bits per heavy atom. The van der Waals surface area contributed by atoms with Crippen molar-refractivity contribution in [1.29, 1.82) is 0 Å². The van der Waals surface area contributed by atoms with E-state index in [0.717, 1.165) is 19.3 Å². The Balaban J connectivity index is 1.99. The lowest BCUT2D eigenvalue weighted by Gasteiger charge is -2.16. The second kappa shape index (κ2) is 4.09. The van der Waals surface area contributed by atoms with Crippen LogP contribution in [0.4, 0.5) is 0 Å². The second-order valence-corrected chi connectivity index (χ2v) is 4.33. The molecule has 1 aliphatic carbocycles. The zero-order chi connectivity index (χ0) is 9.97. The van der Waals surface area contributed by atoms with Gasteiger partial charge in [-0.3, -0.25) is 4.98 Å². The molecule has 1 N–H and O–H groups in total. The van der Waals surface area contributed by atoms with Crippen LogP contribution in [0.1, 0.15) is 25.3 Å². The quantitative estimate of drug-likeness (QED) is 0.776. The van der Waals surface area contributed by atoms with Crippen LogP contribution >= 0.6 is 0 Å². The zero-order valence-corrected chi connectivity index (χ0v) is 8.56. The average Bonchev–Trinajstić information content (AvgIpc) is 2.52. The predicted octanol–water partition coefficient (Wildman–Crippen LogP) is 2.03. The highest BCUT2D eigenvalue weighted by molar-refractivity contribution is 5.10. The van der Waals surface area contributed by atoms with Gasteiger partial charge in [0.25, 0.3) is 0 Å². The highest BCUT2D eigenvalue weighted by atomic mass is 16.3. The summed E-state index contributed by atoms with van der Waals surface area (Å²) in [5.74, 6) is 1.07. The lowest BCUT2D eigenvalue weighted by Crippen LogP contribution is -2.16. The van der Waals surface area contributed by atoms with E-state index in [4.69, 9.17) is 0 Å². The largest absolute Gasteiger partial charge is 0.393 e. The first kappa shape index (κ1) is 9.66. The molecule has 2 heteroatoms. The molecular formula is C12H17NO. The molecule has 0 aliphatic heterocycles. The number of hydrogen-bond donors (Lipinski definition) is 1. The van der Waals surface area contributed by atoms with Gasteiger partial charge in [-0.25, -0.2) is 0 Å². The molecule has 1 aromatic heterocycles. The van der Waals surface area contributed by atoms with Crippen molar-refractivity contribution < 1.29 is 5.11 Å². The Hall–Kier alpha value is -0.890. The maximum absolute atomic E-state index is 9.63. The number of aliphatic hydroxyl groups is 1. The molecule has 1 saturated carbocycles. The molecule has 14 heavy (non-hydrogen) atoms. The highest BCUT2D eigenvalue weighted by Gasteiger charge is 2.30. The molecule has 3 atom stereocenters. The lowest BCUT2D eigenvalue weighted by molar-refractivity contribution is 0.127. The van der Waals surface area contributed by atoms with Crippen LogP contribution < -0.4 is 0 Å². The Labute approximate surface area is 85.0 Å². The third kappa shape index (κ3) is 1.95. The summed E-state index contributed by atoms with van der Waals surface area (Å²) >= 11 is 0. The van der Waals surface area contributed by atoms with Crippen LogP contribution in [0.15, 0.2) is 24.5 Å². The predicted molar refractivity (Wildman–Crippen MR) is 55.8 cm³/mol. The first-order chi connectivity index (χ1) is 6.77. The minimum Gasteiger partial charge on any atom is -0.393 e. The minimum atomic E-state index is -0.0864. The fraction of sp³-hybridized carbons (Fsp3) is 0.583. The SMILES string of the molecule is CC1C(O)CCC1Cc1cccnc1. The molecule has 76 valence electrons. The van der Waals surface area contributed by atoms with Gasteiger partial charge in [0.2, 0.25) is 0 Å². The Morgan fingerprint density at radius 2 is 2.36 bits per heavy atom. The summed E-state index contributed by atoms with van der Waals surface area (Å²) in [4.78, 5) is 4.11. The first-order valence-electron chi connectivity index (χ1n) is 5.34. The number of hydrogen-bond acceptors (Lipinski definition) is 2. The summed E-state index contributed by atoms with van der Waals surface area (Å²) in [6, 6.07) is 4.09. The smallest absolute Gasteiger partial charge is 0.0568 e. The minimum absolute atomic E-state index is 0.0864. The molecule has 0 radical (unpaired) electrons. The molecule has 0 saturated heterocycles. The van der Waals surface area contributed by atoms with E-state index < -0.39 is 0 Å². The zero-order valence-electron chi connectivity index (χ0n) is 8.56. The van der Waals surface area contributed by atoms with Gasteiger partial charge in [0.05, 0.1) is 6.10 Å². The maximum atomic E-state index is 9.63. The molecule has 0 spiro atoms. The van der Waals surface area contributed by atoms with Crippen molar-refractivity contribution in [3.8, 4) is 0 Å². The van der Waals surface area contributed by atoms with Gasteiger partial charge in [-0.2, -0.15) is 0 Å². The van der Waals surface area contributed by atoms with E-state index in [1.165, 1.54) is 5.56 Å².